The molecule has 1 amide bonds. The summed E-state index contributed by atoms with van der Waals surface area (Å²) in [6.45, 7) is 0. The molecule has 0 radical (unpaired) electrons. The molecular weight excluding hydrogens is 324 g/mol. The van der Waals surface area contributed by atoms with Gasteiger partial charge in [-0.25, -0.2) is 4.79 Å². The van der Waals surface area contributed by atoms with Crippen LogP contribution in [0.1, 0.15) is 34.5 Å². The molecule has 3 N–H and O–H groups in total. The van der Waals surface area contributed by atoms with Crippen LogP contribution in [0.25, 0.3) is 10.1 Å². The predicted octanol–water partition coefficient (Wildman–Crippen LogP) is 1.96. The van der Waals surface area contributed by atoms with Gasteiger partial charge in [-0.15, -0.1) is 11.3 Å². The standard InChI is InChI=1S/C18H16N2O3S/c21-17(22)6-3-13-8-11-7-10(1-5-16(11)24-13)18(23)20-15-9-12-2-4-14(15)19-12/h1,5,7-8,12,14-15,19H,2,4,9H2,(H,20,23)(H,21,22)/t12-,14+,15-/m1/s1. The molecule has 0 spiro atoms. The molecule has 2 bridgehead atoms. The molecule has 5 nitrogen and oxygen atoms in total. The molecule has 0 aliphatic carbocycles. The zero-order valence-electron chi connectivity index (χ0n) is 12.8. The average Bonchev–Trinajstić information content (AvgIpc) is 3.26. The molecular formula is C18H16N2O3S. The molecule has 2 aliphatic heterocycles. The topological polar surface area (TPSA) is 78.4 Å². The molecule has 6 heteroatoms. The molecule has 0 unspecified atom stereocenters. The van der Waals surface area contributed by atoms with E-state index in [9.17, 15) is 9.59 Å². The maximum absolute atomic E-state index is 12.5. The zero-order chi connectivity index (χ0) is 16.7. The first-order valence-electron chi connectivity index (χ1n) is 7.94. The van der Waals surface area contributed by atoms with E-state index in [4.69, 9.17) is 5.11 Å². The quantitative estimate of drug-likeness (QED) is 0.730. The average molecular weight is 340 g/mol. The van der Waals surface area contributed by atoms with E-state index in [2.05, 4.69) is 22.5 Å². The van der Waals surface area contributed by atoms with Crippen molar-refractivity contribution >= 4 is 33.3 Å². The minimum atomic E-state index is -1.15. The summed E-state index contributed by atoms with van der Waals surface area (Å²) < 4.78 is 0.989. The van der Waals surface area contributed by atoms with Crippen molar-refractivity contribution in [2.45, 2.75) is 37.4 Å². The molecule has 122 valence electrons. The summed E-state index contributed by atoms with van der Waals surface area (Å²) in [6, 6.07) is 8.53. The second-order valence-electron chi connectivity index (χ2n) is 6.28. The minimum Gasteiger partial charge on any atom is -0.472 e. The molecule has 2 aliphatic rings. The van der Waals surface area contributed by atoms with E-state index >= 15 is 0 Å². The summed E-state index contributed by atoms with van der Waals surface area (Å²) in [5.74, 6) is 3.53. The highest BCUT2D eigenvalue weighted by atomic mass is 32.1. The number of carboxylic acid groups (broad SMARTS) is 1. The summed E-state index contributed by atoms with van der Waals surface area (Å²) in [7, 11) is 0. The Kier molecular flexibility index (Phi) is 3.75. The van der Waals surface area contributed by atoms with Gasteiger partial charge in [0, 0.05) is 34.3 Å². The Hall–Kier alpha value is -2.36. The first kappa shape index (κ1) is 15.2. The van der Waals surface area contributed by atoms with Crippen LogP contribution in [0.2, 0.25) is 0 Å². The fourth-order valence-corrected chi connectivity index (χ4v) is 4.49. The van der Waals surface area contributed by atoms with Gasteiger partial charge in [-0.1, -0.05) is 0 Å². The fraction of sp³-hybridized carbons (Fsp3) is 0.333. The van der Waals surface area contributed by atoms with Gasteiger partial charge >= 0.3 is 5.97 Å². The van der Waals surface area contributed by atoms with Crippen LogP contribution in [0.5, 0.6) is 0 Å². The Labute approximate surface area is 143 Å². The minimum absolute atomic E-state index is 0.0550. The van der Waals surface area contributed by atoms with Gasteiger partial charge in [0.05, 0.1) is 4.88 Å². The van der Waals surface area contributed by atoms with E-state index in [0.717, 1.165) is 22.9 Å². The molecule has 2 fully saturated rings. The number of hydrogen-bond donors (Lipinski definition) is 3. The van der Waals surface area contributed by atoms with Gasteiger partial charge in [0.1, 0.15) is 0 Å². The van der Waals surface area contributed by atoms with Crippen molar-refractivity contribution < 1.29 is 14.7 Å². The van der Waals surface area contributed by atoms with Crippen LogP contribution >= 0.6 is 11.3 Å². The molecule has 4 rings (SSSR count). The van der Waals surface area contributed by atoms with Gasteiger partial charge in [-0.3, -0.25) is 4.79 Å². The maximum atomic E-state index is 12.5. The Balaban J connectivity index is 1.53. The van der Waals surface area contributed by atoms with Crippen LogP contribution in [0.15, 0.2) is 24.3 Å². The van der Waals surface area contributed by atoms with Gasteiger partial charge in [-0.05, 0) is 54.8 Å². The lowest BCUT2D eigenvalue weighted by atomic mass is 9.95. The smallest absolute Gasteiger partial charge is 0.382 e. The number of rotatable bonds is 2. The van der Waals surface area contributed by atoms with Crippen molar-refractivity contribution in [2.75, 3.05) is 0 Å². The Morgan fingerprint density at radius 1 is 1.29 bits per heavy atom. The van der Waals surface area contributed by atoms with Crippen LogP contribution in [0.4, 0.5) is 0 Å². The lowest BCUT2D eigenvalue weighted by Gasteiger charge is -2.21. The number of benzene rings is 1. The van der Waals surface area contributed by atoms with E-state index in [0.29, 0.717) is 22.5 Å². The number of carboxylic acids is 1. The van der Waals surface area contributed by atoms with E-state index in [1.165, 1.54) is 17.8 Å². The van der Waals surface area contributed by atoms with Crippen molar-refractivity contribution in [1.82, 2.24) is 10.6 Å². The highest BCUT2D eigenvalue weighted by Gasteiger charge is 2.39. The predicted molar refractivity (Wildman–Crippen MR) is 92.2 cm³/mol. The van der Waals surface area contributed by atoms with Crippen molar-refractivity contribution in [1.29, 1.82) is 0 Å². The fourth-order valence-electron chi connectivity index (χ4n) is 3.60. The van der Waals surface area contributed by atoms with E-state index < -0.39 is 5.97 Å². The van der Waals surface area contributed by atoms with Crippen LogP contribution < -0.4 is 10.6 Å². The second kappa shape index (κ2) is 5.93. The number of thiophene rings is 1. The second-order valence-corrected chi connectivity index (χ2v) is 7.37. The molecule has 3 heterocycles. The van der Waals surface area contributed by atoms with Gasteiger partial charge in [0.25, 0.3) is 5.91 Å². The van der Waals surface area contributed by atoms with Crippen LogP contribution in [-0.2, 0) is 4.79 Å². The third-order valence-electron chi connectivity index (χ3n) is 4.69. The van der Waals surface area contributed by atoms with Gasteiger partial charge in [0.2, 0.25) is 0 Å². The number of carbonyl (C=O) groups is 2. The van der Waals surface area contributed by atoms with Crippen LogP contribution in [0.3, 0.4) is 0 Å². The summed E-state index contributed by atoms with van der Waals surface area (Å²) in [5.41, 5.74) is 0.626. The van der Waals surface area contributed by atoms with Gasteiger partial charge in [-0.2, -0.15) is 0 Å². The maximum Gasteiger partial charge on any atom is 0.382 e. The third-order valence-corrected chi connectivity index (χ3v) is 5.72. The van der Waals surface area contributed by atoms with E-state index in [1.807, 2.05) is 24.3 Å². The number of nitrogens with one attached hydrogen (secondary N) is 2. The normalized spacial score (nSPS) is 24.6. The van der Waals surface area contributed by atoms with Crippen molar-refractivity contribution in [3.63, 3.8) is 0 Å². The lowest BCUT2D eigenvalue weighted by Crippen LogP contribution is -2.42. The summed E-state index contributed by atoms with van der Waals surface area (Å²) in [4.78, 5) is 23.7. The molecule has 24 heavy (non-hydrogen) atoms. The molecule has 2 aromatic rings. The molecule has 3 atom stereocenters. The summed E-state index contributed by atoms with van der Waals surface area (Å²) in [6.07, 6.45) is 3.34. The van der Waals surface area contributed by atoms with Gasteiger partial charge in [0.15, 0.2) is 0 Å². The van der Waals surface area contributed by atoms with Crippen molar-refractivity contribution in [3.05, 3.63) is 34.7 Å². The summed E-state index contributed by atoms with van der Waals surface area (Å²) >= 11 is 1.42. The summed E-state index contributed by atoms with van der Waals surface area (Å²) in [5, 5.41) is 16.2. The molecule has 0 saturated carbocycles. The highest BCUT2D eigenvalue weighted by Crippen LogP contribution is 2.29. The van der Waals surface area contributed by atoms with E-state index in [-0.39, 0.29) is 11.9 Å². The Bertz CT molecular complexity index is 893. The third kappa shape index (κ3) is 2.88. The number of amides is 1. The number of fused-ring (bicyclic) bond motifs is 3. The highest BCUT2D eigenvalue weighted by molar-refractivity contribution is 7.19. The van der Waals surface area contributed by atoms with Gasteiger partial charge < -0.3 is 15.7 Å². The first-order chi connectivity index (χ1) is 11.6. The molecule has 1 aromatic carbocycles. The molecule has 1 aromatic heterocycles. The van der Waals surface area contributed by atoms with E-state index in [1.54, 1.807) is 0 Å². The largest absolute Gasteiger partial charge is 0.472 e. The first-order valence-corrected chi connectivity index (χ1v) is 8.75. The lowest BCUT2D eigenvalue weighted by molar-refractivity contribution is -0.130. The van der Waals surface area contributed by atoms with Crippen LogP contribution in [-0.4, -0.2) is 35.1 Å². The molecule has 2 saturated heterocycles. The number of aliphatic carboxylic acids is 1. The number of hydrogen-bond acceptors (Lipinski definition) is 4. The Morgan fingerprint density at radius 3 is 2.88 bits per heavy atom. The van der Waals surface area contributed by atoms with Crippen LogP contribution in [0, 0.1) is 11.8 Å². The SMILES string of the molecule is O=C(O)C#Cc1cc2cc(C(=O)N[C@@H]3C[C@H]4CC[C@@H]3N4)ccc2s1. The van der Waals surface area contributed by atoms with Crippen molar-refractivity contribution in [2.24, 2.45) is 0 Å². The van der Waals surface area contributed by atoms with Crippen molar-refractivity contribution in [3.8, 4) is 11.8 Å². The monoisotopic (exact) mass is 340 g/mol. The zero-order valence-corrected chi connectivity index (χ0v) is 13.7. The Morgan fingerprint density at radius 2 is 2.17 bits per heavy atom. The number of carbonyl (C=O) groups excluding carboxylic acids is 1.